The molecule has 0 atom stereocenters. The van der Waals surface area contributed by atoms with E-state index in [0.29, 0.717) is 0 Å². The molecule has 2 aromatic rings. The van der Waals surface area contributed by atoms with Crippen LogP contribution in [0.1, 0.15) is 5.56 Å². The summed E-state index contributed by atoms with van der Waals surface area (Å²) in [6, 6.07) is 2.00. The second kappa shape index (κ2) is 6.88. The molecule has 0 radical (unpaired) electrons. The summed E-state index contributed by atoms with van der Waals surface area (Å²) in [5, 5.41) is 6.65. The number of anilines is 1. The van der Waals surface area contributed by atoms with Gasteiger partial charge >= 0.3 is 0 Å². The Bertz CT molecular complexity index is 477. The summed E-state index contributed by atoms with van der Waals surface area (Å²) in [4.78, 5) is 9.26. The molecule has 1 saturated heterocycles. The SMILES string of the molecule is c1csc(N2CCN(CCNCc3ccoc3)CC2)n1. The average Bonchev–Trinajstić information content (AvgIpc) is 3.17. The molecular weight excluding hydrogens is 272 g/mol. The number of hydrogen-bond acceptors (Lipinski definition) is 6. The first-order valence-electron chi connectivity index (χ1n) is 7.00. The van der Waals surface area contributed by atoms with Gasteiger partial charge in [-0.3, -0.25) is 4.90 Å². The summed E-state index contributed by atoms with van der Waals surface area (Å²) < 4.78 is 5.05. The Morgan fingerprint density at radius 1 is 1.30 bits per heavy atom. The topological polar surface area (TPSA) is 44.5 Å². The normalized spacial score (nSPS) is 16.7. The maximum absolute atomic E-state index is 5.05. The minimum Gasteiger partial charge on any atom is -0.472 e. The molecule has 0 aromatic carbocycles. The largest absolute Gasteiger partial charge is 0.472 e. The predicted octanol–water partition coefficient (Wildman–Crippen LogP) is 1.65. The fourth-order valence-corrected chi connectivity index (χ4v) is 3.09. The molecule has 5 nitrogen and oxygen atoms in total. The molecule has 1 aliphatic rings. The molecule has 20 heavy (non-hydrogen) atoms. The highest BCUT2D eigenvalue weighted by Crippen LogP contribution is 2.18. The lowest BCUT2D eigenvalue weighted by molar-refractivity contribution is 0.257. The van der Waals surface area contributed by atoms with Gasteiger partial charge in [-0.2, -0.15) is 0 Å². The Balaban J connectivity index is 1.32. The molecule has 3 heterocycles. The zero-order valence-electron chi connectivity index (χ0n) is 11.5. The van der Waals surface area contributed by atoms with Crippen LogP contribution in [0.3, 0.4) is 0 Å². The smallest absolute Gasteiger partial charge is 0.185 e. The molecule has 108 valence electrons. The van der Waals surface area contributed by atoms with Crippen LogP contribution in [0.5, 0.6) is 0 Å². The van der Waals surface area contributed by atoms with E-state index in [9.17, 15) is 0 Å². The van der Waals surface area contributed by atoms with Crippen LogP contribution in [-0.4, -0.2) is 49.2 Å². The fourth-order valence-electron chi connectivity index (χ4n) is 2.40. The third-order valence-electron chi connectivity index (χ3n) is 3.58. The van der Waals surface area contributed by atoms with Gasteiger partial charge in [0.1, 0.15) is 0 Å². The average molecular weight is 292 g/mol. The van der Waals surface area contributed by atoms with Crippen LogP contribution < -0.4 is 10.2 Å². The van der Waals surface area contributed by atoms with E-state index in [0.717, 1.165) is 50.9 Å². The predicted molar refractivity (Wildman–Crippen MR) is 81.2 cm³/mol. The van der Waals surface area contributed by atoms with Crippen LogP contribution in [0.15, 0.2) is 34.6 Å². The van der Waals surface area contributed by atoms with E-state index in [-0.39, 0.29) is 0 Å². The van der Waals surface area contributed by atoms with Gasteiger partial charge in [0.15, 0.2) is 5.13 Å². The number of piperazine rings is 1. The minimum absolute atomic E-state index is 0.885. The fraction of sp³-hybridized carbons (Fsp3) is 0.500. The van der Waals surface area contributed by atoms with Gasteiger partial charge in [-0.05, 0) is 6.07 Å². The van der Waals surface area contributed by atoms with E-state index in [2.05, 4.69) is 20.1 Å². The first-order valence-corrected chi connectivity index (χ1v) is 7.88. The van der Waals surface area contributed by atoms with Gasteiger partial charge in [0.2, 0.25) is 0 Å². The number of nitrogens with zero attached hydrogens (tertiary/aromatic N) is 3. The highest BCUT2D eigenvalue weighted by molar-refractivity contribution is 7.13. The van der Waals surface area contributed by atoms with Gasteiger partial charge in [0, 0.05) is 63.0 Å². The van der Waals surface area contributed by atoms with Crippen LogP contribution in [0.25, 0.3) is 0 Å². The van der Waals surface area contributed by atoms with Crippen LogP contribution in [0.2, 0.25) is 0 Å². The lowest BCUT2D eigenvalue weighted by atomic mass is 10.3. The number of hydrogen-bond donors (Lipinski definition) is 1. The molecule has 1 aliphatic heterocycles. The Labute approximate surface area is 123 Å². The number of furan rings is 1. The number of nitrogens with one attached hydrogen (secondary N) is 1. The molecule has 0 amide bonds. The summed E-state index contributed by atoms with van der Waals surface area (Å²) in [7, 11) is 0. The van der Waals surface area contributed by atoms with E-state index in [1.807, 2.05) is 17.6 Å². The van der Waals surface area contributed by atoms with Crippen molar-refractivity contribution in [1.29, 1.82) is 0 Å². The Kier molecular flexibility index (Phi) is 4.68. The van der Waals surface area contributed by atoms with Crippen LogP contribution >= 0.6 is 11.3 Å². The van der Waals surface area contributed by atoms with Crippen molar-refractivity contribution in [3.8, 4) is 0 Å². The molecule has 0 aliphatic carbocycles. The molecule has 3 rings (SSSR count). The van der Waals surface area contributed by atoms with Crippen molar-refractivity contribution in [3.05, 3.63) is 35.7 Å². The monoisotopic (exact) mass is 292 g/mol. The summed E-state index contributed by atoms with van der Waals surface area (Å²) in [5.74, 6) is 0. The maximum atomic E-state index is 5.05. The van der Waals surface area contributed by atoms with Crippen molar-refractivity contribution in [2.45, 2.75) is 6.54 Å². The van der Waals surface area contributed by atoms with Gasteiger partial charge in [0.25, 0.3) is 0 Å². The lowest BCUT2D eigenvalue weighted by Crippen LogP contribution is -2.48. The molecular formula is C14H20N4OS. The van der Waals surface area contributed by atoms with Crippen molar-refractivity contribution in [3.63, 3.8) is 0 Å². The molecule has 1 N–H and O–H groups in total. The van der Waals surface area contributed by atoms with Gasteiger partial charge in [-0.15, -0.1) is 11.3 Å². The number of aromatic nitrogens is 1. The van der Waals surface area contributed by atoms with Gasteiger partial charge < -0.3 is 14.6 Å². The van der Waals surface area contributed by atoms with Crippen molar-refractivity contribution in [2.24, 2.45) is 0 Å². The zero-order valence-corrected chi connectivity index (χ0v) is 12.3. The lowest BCUT2D eigenvalue weighted by Gasteiger charge is -2.34. The molecule has 6 heteroatoms. The van der Waals surface area contributed by atoms with Crippen molar-refractivity contribution < 1.29 is 4.42 Å². The Morgan fingerprint density at radius 2 is 2.20 bits per heavy atom. The quantitative estimate of drug-likeness (QED) is 0.820. The summed E-state index contributed by atoms with van der Waals surface area (Å²) >= 11 is 1.73. The van der Waals surface area contributed by atoms with E-state index in [4.69, 9.17) is 4.42 Å². The third-order valence-corrected chi connectivity index (χ3v) is 4.41. The highest BCUT2D eigenvalue weighted by atomic mass is 32.1. The van der Waals surface area contributed by atoms with E-state index in [1.54, 1.807) is 23.9 Å². The van der Waals surface area contributed by atoms with E-state index in [1.165, 1.54) is 5.56 Å². The van der Waals surface area contributed by atoms with Crippen LogP contribution in [0, 0.1) is 0 Å². The van der Waals surface area contributed by atoms with Crippen molar-refractivity contribution in [1.82, 2.24) is 15.2 Å². The molecule has 2 aromatic heterocycles. The zero-order chi connectivity index (χ0) is 13.6. The summed E-state index contributed by atoms with van der Waals surface area (Å²) in [6.07, 6.45) is 5.39. The van der Waals surface area contributed by atoms with Gasteiger partial charge in [-0.25, -0.2) is 4.98 Å². The Morgan fingerprint density at radius 3 is 2.90 bits per heavy atom. The van der Waals surface area contributed by atoms with Crippen LogP contribution in [-0.2, 0) is 6.54 Å². The Hall–Kier alpha value is -1.37. The molecule has 0 bridgehead atoms. The van der Waals surface area contributed by atoms with E-state index < -0.39 is 0 Å². The van der Waals surface area contributed by atoms with Crippen molar-refractivity contribution >= 4 is 16.5 Å². The first-order chi connectivity index (χ1) is 9.92. The maximum Gasteiger partial charge on any atom is 0.185 e. The second-order valence-corrected chi connectivity index (χ2v) is 5.82. The summed E-state index contributed by atoms with van der Waals surface area (Å²) in [5.41, 5.74) is 1.21. The molecule has 0 spiro atoms. The van der Waals surface area contributed by atoms with Gasteiger partial charge in [0.05, 0.1) is 12.5 Å². The second-order valence-electron chi connectivity index (χ2n) is 4.95. The van der Waals surface area contributed by atoms with Crippen molar-refractivity contribution in [2.75, 3.05) is 44.2 Å². The third kappa shape index (κ3) is 3.59. The standard InChI is InChI=1S/C14H20N4OS/c1-9-19-12-13(1)11-15-2-4-17-5-7-18(8-6-17)14-16-3-10-20-14/h1,3,9-10,12,15H,2,4-8,11H2. The highest BCUT2D eigenvalue weighted by Gasteiger charge is 2.17. The van der Waals surface area contributed by atoms with E-state index >= 15 is 0 Å². The van der Waals surface area contributed by atoms with Gasteiger partial charge in [-0.1, -0.05) is 0 Å². The first kappa shape index (κ1) is 13.6. The van der Waals surface area contributed by atoms with Crippen LogP contribution in [0.4, 0.5) is 5.13 Å². The number of rotatable bonds is 6. The molecule has 1 fully saturated rings. The minimum atomic E-state index is 0.885. The number of thiazole rings is 1. The molecule has 0 unspecified atom stereocenters. The molecule has 0 saturated carbocycles. The summed E-state index contributed by atoms with van der Waals surface area (Å²) in [6.45, 7) is 7.39.